The number of aryl methyl sites for hydroxylation is 1. The highest BCUT2D eigenvalue weighted by atomic mass is 35.7. The van der Waals surface area contributed by atoms with Crippen LogP contribution in [-0.2, 0) is 0 Å². The number of carbonyl (C=O) groups excluding carboxylic acids is 1. The molecule has 0 saturated heterocycles. The Bertz CT molecular complexity index is 1520. The maximum absolute atomic E-state index is 13.8. The monoisotopic (exact) mass is 631 g/mol. The van der Waals surface area contributed by atoms with Crippen molar-refractivity contribution in [2.24, 2.45) is 0 Å². The molecule has 0 aliphatic carbocycles. The minimum absolute atomic E-state index is 0.134. The third kappa shape index (κ3) is 8.83. The van der Waals surface area contributed by atoms with Crippen LogP contribution in [0, 0.1) is 17.2 Å². The molecule has 5 aromatic rings. The van der Waals surface area contributed by atoms with E-state index >= 15 is 0 Å². The van der Waals surface area contributed by atoms with Crippen molar-refractivity contribution >= 4 is 40.8 Å². The average molecular weight is 632 g/mol. The highest BCUT2D eigenvalue weighted by Gasteiger charge is 2.50. The molecule has 0 aliphatic rings. The minimum Gasteiger partial charge on any atom is -0.291 e. The Kier molecular flexibility index (Phi) is 11.2. The largest absolute Gasteiger partial charge is 0.291 e. The fraction of sp³-hybridized carbons (Fsp3) is 0.0303. The van der Waals surface area contributed by atoms with Crippen molar-refractivity contribution in [3.05, 3.63) is 162 Å². The highest BCUT2D eigenvalue weighted by molar-refractivity contribution is 8.04. The minimum atomic E-state index is -4.69. The Morgan fingerprint density at radius 2 is 1.19 bits per heavy atom. The molecular formula is C33H29ClN2O5PS+. The quantitative estimate of drug-likeness (QED) is 0.199. The predicted molar refractivity (Wildman–Crippen MR) is 164 cm³/mol. The zero-order valence-electron chi connectivity index (χ0n) is 23.1. The summed E-state index contributed by atoms with van der Waals surface area (Å²) < 4.78 is 32.7. The normalized spacial score (nSPS) is 11.7. The van der Waals surface area contributed by atoms with Crippen LogP contribution in [0.2, 0.25) is 0 Å². The van der Waals surface area contributed by atoms with E-state index in [1.165, 1.54) is 11.8 Å². The van der Waals surface area contributed by atoms with Gasteiger partial charge in [-0.2, -0.15) is 14.0 Å². The van der Waals surface area contributed by atoms with Crippen molar-refractivity contribution in [3.8, 4) is 0 Å². The second-order valence-corrected chi connectivity index (χ2v) is 14.2. The van der Waals surface area contributed by atoms with E-state index in [9.17, 15) is 4.79 Å². The number of nitrogens with one attached hydrogen (secondary N) is 1. The summed E-state index contributed by atoms with van der Waals surface area (Å²) in [6.45, 7) is 2.02. The molecule has 1 aromatic heterocycles. The molecule has 0 spiro atoms. The summed E-state index contributed by atoms with van der Waals surface area (Å²) in [7, 11) is -7.20. The van der Waals surface area contributed by atoms with Gasteiger partial charge in [-0.25, -0.2) is 4.98 Å². The van der Waals surface area contributed by atoms with Crippen molar-refractivity contribution in [1.82, 2.24) is 10.3 Å². The number of halogens is 1. The number of pyridine rings is 1. The molecule has 4 aromatic carbocycles. The molecular weight excluding hydrogens is 603 g/mol. The van der Waals surface area contributed by atoms with Crippen LogP contribution < -0.4 is 35.2 Å². The Morgan fingerprint density at radius 3 is 1.60 bits per heavy atom. The first-order valence-corrected chi connectivity index (χ1v) is 17.0. The number of nitrogens with zero attached hydrogens (tertiary/aromatic N) is 1. The molecule has 0 fully saturated rings. The number of amides is 1. The number of aromatic nitrogens is 1. The lowest BCUT2D eigenvalue weighted by Crippen LogP contribution is -2.58. The van der Waals surface area contributed by atoms with Crippen molar-refractivity contribution in [1.29, 1.82) is 0 Å². The Hall–Kier alpha value is -3.85. The molecule has 1 heterocycles. The lowest BCUT2D eigenvalue weighted by Gasteiger charge is -2.29. The molecule has 0 radical (unpaired) electrons. The summed E-state index contributed by atoms with van der Waals surface area (Å²) >= 11 is 1.52. The molecule has 1 amide bonds. The molecule has 2 N–H and O–H groups in total. The number of rotatable bonds is 8. The Labute approximate surface area is 257 Å². The number of carbonyl (C=O) groups is 1. The van der Waals surface area contributed by atoms with E-state index < -0.39 is 17.5 Å². The van der Waals surface area contributed by atoms with E-state index in [0.29, 0.717) is 5.56 Å². The van der Waals surface area contributed by atoms with Crippen LogP contribution in [-0.4, -0.2) is 15.6 Å². The molecule has 7 nitrogen and oxygen atoms in total. The topological polar surface area (TPSA) is 131 Å². The lowest BCUT2D eigenvalue weighted by molar-refractivity contribution is -1.92. The zero-order valence-corrected chi connectivity index (χ0v) is 25.6. The van der Waals surface area contributed by atoms with E-state index in [4.69, 9.17) is 18.6 Å². The van der Waals surface area contributed by atoms with Crippen LogP contribution in [0.3, 0.4) is 0 Å². The molecule has 0 unspecified atom stereocenters. The van der Waals surface area contributed by atoms with Crippen LogP contribution in [0.4, 0.5) is 0 Å². The fourth-order valence-electron chi connectivity index (χ4n) is 4.44. The van der Waals surface area contributed by atoms with Crippen molar-refractivity contribution in [3.63, 3.8) is 0 Å². The van der Waals surface area contributed by atoms with Crippen molar-refractivity contribution in [2.75, 3.05) is 0 Å². The van der Waals surface area contributed by atoms with E-state index in [0.717, 1.165) is 31.9 Å². The van der Waals surface area contributed by atoms with Crippen LogP contribution in [0.15, 0.2) is 156 Å². The Balaban J connectivity index is 0.000000782. The van der Waals surface area contributed by atoms with E-state index in [1.807, 2.05) is 67.6 Å². The molecule has 0 bridgehead atoms. The van der Waals surface area contributed by atoms with E-state index in [2.05, 4.69) is 88.5 Å². The number of benzene rings is 4. The molecule has 0 aliphatic heterocycles. The van der Waals surface area contributed by atoms with E-state index in [1.54, 1.807) is 6.20 Å². The summed E-state index contributed by atoms with van der Waals surface area (Å²) in [5.74, 6) is -0.134. The first-order chi connectivity index (χ1) is 20.7. The number of thioether (sulfide) groups is 1. The second kappa shape index (κ2) is 15.0. The maximum atomic E-state index is 13.8. The molecule has 5 rings (SSSR count). The highest BCUT2D eigenvalue weighted by Crippen LogP contribution is 2.62. The van der Waals surface area contributed by atoms with Gasteiger partial charge in [-0.05, 0) is 67.6 Å². The summed E-state index contributed by atoms with van der Waals surface area (Å²) in [6.07, 6.45) is 1.79. The standard InChI is InChI=1S/C33H27N2OPS.ClHO4/c1-26-20-22-27(23-21-26)33(36)35-31(25-38-32-19-11-12-24-34-32)37(28-13-5-2-6-14-28,29-15-7-3-8-16-29)30-17-9-4-10-18-30;2-1(3,4)5/h2-25H,1H3;(H,2,3,4,5)/p+1. The zero-order chi connectivity index (χ0) is 30.7. The third-order valence-corrected chi connectivity index (χ3v) is 11.5. The molecule has 0 atom stereocenters. The van der Waals surface area contributed by atoms with E-state index in [-0.39, 0.29) is 5.91 Å². The van der Waals surface area contributed by atoms with Gasteiger partial charge in [-0.1, -0.05) is 90.1 Å². The summed E-state index contributed by atoms with van der Waals surface area (Å²) in [5, 5.41) is 9.81. The van der Waals surface area contributed by atoms with Gasteiger partial charge in [0.1, 0.15) is 20.9 Å². The van der Waals surface area contributed by atoms with Gasteiger partial charge in [0.2, 0.25) is 0 Å². The number of hydrogen-bond acceptors (Lipinski definition) is 7. The maximum Gasteiger partial charge on any atom is 0.258 e. The Morgan fingerprint density at radius 1 is 0.744 bits per heavy atom. The SMILES string of the molecule is Cc1ccc(C(=O)NC(=CSc2ccccn2)[P+](c2ccccc2)(c2ccccc2)c2ccccc2)cc1.[O-][Cl+3]([O-])([O-])O. The summed E-state index contributed by atoms with van der Waals surface area (Å²) in [4.78, 5) is 18.3. The second-order valence-electron chi connectivity index (χ2n) is 9.18. The smallest absolute Gasteiger partial charge is 0.258 e. The molecule has 0 saturated carbocycles. The first kappa shape index (κ1) is 32.1. The van der Waals surface area contributed by atoms with Gasteiger partial charge in [0, 0.05) is 17.2 Å². The van der Waals surface area contributed by atoms with Gasteiger partial charge in [0.25, 0.3) is 5.91 Å². The van der Waals surface area contributed by atoms with Crippen LogP contribution >= 0.6 is 19.0 Å². The third-order valence-electron chi connectivity index (χ3n) is 6.28. The average Bonchev–Trinajstić information content (AvgIpc) is 3.02. The summed E-state index contributed by atoms with van der Waals surface area (Å²) in [6, 6.07) is 45.1. The predicted octanol–water partition coefficient (Wildman–Crippen LogP) is 2.58. The van der Waals surface area contributed by atoms with Gasteiger partial charge < -0.3 is 0 Å². The van der Waals surface area contributed by atoms with Gasteiger partial charge in [-0.3, -0.25) is 10.1 Å². The van der Waals surface area contributed by atoms with Crippen molar-refractivity contribution < 1.29 is 33.7 Å². The van der Waals surface area contributed by atoms with Crippen LogP contribution in [0.1, 0.15) is 15.9 Å². The molecule has 43 heavy (non-hydrogen) atoms. The first-order valence-electron chi connectivity index (χ1n) is 13.0. The summed E-state index contributed by atoms with van der Waals surface area (Å²) in [5.41, 5.74) is 2.60. The molecule has 218 valence electrons. The number of hydrogen-bond donors (Lipinski definition) is 2. The van der Waals surface area contributed by atoms with Gasteiger partial charge in [0.15, 0.2) is 12.7 Å². The van der Waals surface area contributed by atoms with Gasteiger partial charge in [-0.15, -0.1) is 0 Å². The van der Waals surface area contributed by atoms with Crippen LogP contribution in [0.25, 0.3) is 0 Å². The van der Waals surface area contributed by atoms with Gasteiger partial charge in [0.05, 0.1) is 14.9 Å². The van der Waals surface area contributed by atoms with Crippen molar-refractivity contribution in [2.45, 2.75) is 11.9 Å². The molecule has 10 heteroatoms. The fourth-order valence-corrected chi connectivity index (χ4v) is 9.66. The van der Waals surface area contributed by atoms with Crippen LogP contribution in [0.5, 0.6) is 0 Å². The van der Waals surface area contributed by atoms with Gasteiger partial charge >= 0.3 is 0 Å². The lowest BCUT2D eigenvalue weighted by atomic mass is 10.1.